The Morgan fingerprint density at radius 3 is 2.41 bits per heavy atom. The SMILES string of the molecule is CC#CCCC(=O)C1(NC(C)=O)CCN(C(=O)c2ccc(-c3c4ccc(=O)cc-4oc4cc(O)ccc34)c(C(=O)O)c2)CC1. The van der Waals surface area contributed by atoms with Crippen LogP contribution in [0.2, 0.25) is 0 Å². The molecule has 0 bridgehead atoms. The second-order valence-electron chi connectivity index (χ2n) is 10.8. The molecule has 10 heteroatoms. The Labute approximate surface area is 252 Å². The molecule has 2 heterocycles. The number of carboxylic acid groups (broad SMARTS) is 1. The fraction of sp³-hybridized carbons (Fsp3) is 0.265. The van der Waals surface area contributed by atoms with Crippen LogP contribution in [0.4, 0.5) is 0 Å². The summed E-state index contributed by atoms with van der Waals surface area (Å²) in [6.07, 6.45) is 1.01. The third-order valence-corrected chi connectivity index (χ3v) is 7.95. The number of carbonyl (C=O) groups excluding carboxylic acids is 3. The zero-order valence-electron chi connectivity index (χ0n) is 24.2. The van der Waals surface area contributed by atoms with Crippen LogP contribution >= 0.6 is 0 Å². The number of hydrogen-bond donors (Lipinski definition) is 3. The summed E-state index contributed by atoms with van der Waals surface area (Å²) < 4.78 is 5.87. The van der Waals surface area contributed by atoms with Crippen molar-refractivity contribution >= 4 is 34.5 Å². The Kier molecular flexibility index (Phi) is 8.23. The number of aromatic hydroxyl groups is 1. The highest BCUT2D eigenvalue weighted by Gasteiger charge is 2.42. The van der Waals surface area contributed by atoms with Crippen molar-refractivity contribution in [3.05, 3.63) is 75.9 Å². The summed E-state index contributed by atoms with van der Waals surface area (Å²) in [5.74, 6) is 3.64. The summed E-state index contributed by atoms with van der Waals surface area (Å²) in [7, 11) is 0. The van der Waals surface area contributed by atoms with Crippen LogP contribution in [-0.4, -0.2) is 57.3 Å². The Morgan fingerprint density at radius 1 is 1.00 bits per heavy atom. The lowest BCUT2D eigenvalue weighted by Crippen LogP contribution is -2.60. The number of likely N-dealkylation sites (tertiary alicyclic amines) is 1. The van der Waals surface area contributed by atoms with Gasteiger partial charge < -0.3 is 24.8 Å². The first-order chi connectivity index (χ1) is 21.0. The molecule has 44 heavy (non-hydrogen) atoms. The highest BCUT2D eigenvalue weighted by atomic mass is 16.4. The van der Waals surface area contributed by atoms with Crippen molar-refractivity contribution in [1.29, 1.82) is 0 Å². The molecule has 0 unspecified atom stereocenters. The number of amides is 2. The Bertz CT molecular complexity index is 1900. The summed E-state index contributed by atoms with van der Waals surface area (Å²) in [5.41, 5.74) is 0.137. The molecule has 0 atom stereocenters. The quantitative estimate of drug-likeness (QED) is 0.209. The van der Waals surface area contributed by atoms with Gasteiger partial charge in [-0.15, -0.1) is 11.8 Å². The van der Waals surface area contributed by atoms with Gasteiger partial charge in [0.25, 0.3) is 5.91 Å². The number of fused-ring (bicyclic) bond motifs is 2. The standard InChI is InChI=1S/C34H30N2O8/c1-3-4-5-6-30(40)34(35-20(2)37)13-15-36(16-14-34)32(41)21-7-10-24(27(17-21)33(42)43)31-25-11-8-22(38)18-28(25)44-29-19-23(39)9-12-26(29)31/h7-12,17-19,38H,5-6,13-16H2,1-2H3,(H,35,37)(H,42,43). The van der Waals surface area contributed by atoms with Crippen molar-refractivity contribution in [3.8, 4) is 40.0 Å². The Morgan fingerprint density at radius 2 is 1.73 bits per heavy atom. The van der Waals surface area contributed by atoms with E-state index in [1.807, 2.05) is 0 Å². The highest BCUT2D eigenvalue weighted by Crippen LogP contribution is 2.42. The molecule has 0 saturated carbocycles. The van der Waals surface area contributed by atoms with Gasteiger partial charge in [-0.25, -0.2) is 4.79 Å². The number of rotatable bonds is 7. The molecular weight excluding hydrogens is 564 g/mol. The van der Waals surface area contributed by atoms with Crippen LogP contribution in [0.15, 0.2) is 63.8 Å². The minimum atomic E-state index is -1.26. The maximum Gasteiger partial charge on any atom is 0.336 e. The number of carboxylic acids is 1. The lowest BCUT2D eigenvalue weighted by atomic mass is 9.81. The molecule has 3 N–H and O–H groups in total. The molecule has 0 spiro atoms. The largest absolute Gasteiger partial charge is 0.508 e. The van der Waals surface area contributed by atoms with Gasteiger partial charge in [0.05, 0.1) is 5.56 Å². The predicted octanol–water partition coefficient (Wildman–Crippen LogP) is 4.45. The van der Waals surface area contributed by atoms with Crippen molar-refractivity contribution in [1.82, 2.24) is 10.2 Å². The van der Waals surface area contributed by atoms with E-state index in [-0.39, 0.29) is 77.7 Å². The van der Waals surface area contributed by atoms with E-state index in [1.165, 1.54) is 37.3 Å². The van der Waals surface area contributed by atoms with E-state index in [9.17, 15) is 34.2 Å². The van der Waals surface area contributed by atoms with E-state index in [2.05, 4.69) is 17.2 Å². The fourth-order valence-electron chi connectivity index (χ4n) is 5.85. The van der Waals surface area contributed by atoms with Crippen molar-refractivity contribution < 1.29 is 33.8 Å². The molecule has 2 amide bonds. The van der Waals surface area contributed by atoms with Crippen LogP contribution in [0, 0.1) is 11.8 Å². The average molecular weight is 595 g/mol. The van der Waals surface area contributed by atoms with Crippen LogP contribution in [0.5, 0.6) is 5.75 Å². The first-order valence-electron chi connectivity index (χ1n) is 14.1. The van der Waals surface area contributed by atoms with Crippen molar-refractivity contribution in [3.63, 3.8) is 0 Å². The molecule has 1 fully saturated rings. The molecular formula is C34H30N2O8. The number of aromatic carboxylic acids is 1. The number of carbonyl (C=O) groups is 4. The van der Waals surface area contributed by atoms with E-state index in [0.717, 1.165) is 0 Å². The minimum Gasteiger partial charge on any atom is -0.508 e. The minimum absolute atomic E-state index is 0.0652. The van der Waals surface area contributed by atoms with E-state index in [4.69, 9.17) is 4.42 Å². The number of phenolic OH excluding ortho intramolecular Hbond substituents is 1. The molecule has 3 aliphatic rings. The van der Waals surface area contributed by atoms with Gasteiger partial charge in [-0.3, -0.25) is 19.2 Å². The molecule has 2 aromatic carbocycles. The van der Waals surface area contributed by atoms with Crippen LogP contribution in [0.3, 0.4) is 0 Å². The molecule has 2 aliphatic heterocycles. The van der Waals surface area contributed by atoms with Crippen molar-refractivity contribution in [2.24, 2.45) is 0 Å². The molecule has 224 valence electrons. The molecule has 10 nitrogen and oxygen atoms in total. The number of nitrogens with one attached hydrogen (secondary N) is 1. The Balaban J connectivity index is 1.49. The van der Waals surface area contributed by atoms with Gasteiger partial charge in [0, 0.05) is 67.1 Å². The van der Waals surface area contributed by atoms with Crippen LogP contribution in [0.25, 0.3) is 33.4 Å². The van der Waals surface area contributed by atoms with E-state index >= 15 is 0 Å². The maximum absolute atomic E-state index is 13.6. The van der Waals surface area contributed by atoms with E-state index < -0.39 is 17.4 Å². The van der Waals surface area contributed by atoms with Crippen molar-refractivity contribution in [2.75, 3.05) is 13.1 Å². The first-order valence-corrected chi connectivity index (χ1v) is 14.1. The lowest BCUT2D eigenvalue weighted by Gasteiger charge is -2.41. The van der Waals surface area contributed by atoms with Crippen molar-refractivity contribution in [2.45, 2.75) is 45.1 Å². The number of piperidine rings is 1. The summed E-state index contributed by atoms with van der Waals surface area (Å²) in [6.45, 7) is 3.41. The third-order valence-electron chi connectivity index (χ3n) is 7.95. The van der Waals surface area contributed by atoms with Crippen LogP contribution in [0.1, 0.15) is 60.2 Å². The molecule has 0 radical (unpaired) electrons. The summed E-state index contributed by atoms with van der Waals surface area (Å²) >= 11 is 0. The number of nitrogens with zero attached hydrogens (tertiary/aromatic N) is 1. The maximum atomic E-state index is 13.6. The monoisotopic (exact) mass is 594 g/mol. The second-order valence-corrected chi connectivity index (χ2v) is 10.8. The zero-order chi connectivity index (χ0) is 31.6. The molecule has 1 aliphatic carbocycles. The highest BCUT2D eigenvalue weighted by molar-refractivity contribution is 6.09. The Hall–Kier alpha value is -5.43. The number of hydrogen-bond acceptors (Lipinski definition) is 7. The average Bonchev–Trinajstić information content (AvgIpc) is 2.99. The van der Waals surface area contributed by atoms with Crippen LogP contribution in [-0.2, 0) is 9.59 Å². The van der Waals surface area contributed by atoms with Gasteiger partial charge >= 0.3 is 5.97 Å². The van der Waals surface area contributed by atoms with Crippen LogP contribution < -0.4 is 10.7 Å². The zero-order valence-corrected chi connectivity index (χ0v) is 24.2. The normalized spacial score (nSPS) is 14.1. The third kappa shape index (κ3) is 5.77. The molecule has 5 rings (SSSR count). The van der Waals surface area contributed by atoms with Gasteiger partial charge in [-0.2, -0.15) is 0 Å². The predicted molar refractivity (Wildman–Crippen MR) is 163 cm³/mol. The second kappa shape index (κ2) is 12.1. The van der Waals surface area contributed by atoms with Gasteiger partial charge in [0.15, 0.2) is 11.2 Å². The van der Waals surface area contributed by atoms with E-state index in [0.29, 0.717) is 28.5 Å². The van der Waals surface area contributed by atoms with Gasteiger partial charge in [0.2, 0.25) is 5.91 Å². The molecule has 2 aromatic rings. The fourth-order valence-corrected chi connectivity index (χ4v) is 5.85. The number of Topliss-reactive ketones (excluding diaryl/α,β-unsaturated/α-hetero) is 1. The molecule has 1 saturated heterocycles. The topological polar surface area (TPSA) is 154 Å². The van der Waals surface area contributed by atoms with E-state index in [1.54, 1.807) is 36.1 Å². The smallest absolute Gasteiger partial charge is 0.336 e. The summed E-state index contributed by atoms with van der Waals surface area (Å²) in [4.78, 5) is 64.9. The summed E-state index contributed by atoms with van der Waals surface area (Å²) in [5, 5.41) is 23.6. The number of benzene rings is 3. The molecule has 0 aromatic heterocycles. The number of phenols is 1. The van der Waals surface area contributed by atoms with Gasteiger partial charge in [0.1, 0.15) is 22.6 Å². The number of ketones is 1. The first kappa shape index (κ1) is 30.0. The summed E-state index contributed by atoms with van der Waals surface area (Å²) in [6, 6.07) is 13.0. The van der Waals surface area contributed by atoms with Gasteiger partial charge in [-0.05, 0) is 61.7 Å². The lowest BCUT2D eigenvalue weighted by molar-refractivity contribution is -0.133. The van der Waals surface area contributed by atoms with Gasteiger partial charge in [-0.1, -0.05) is 6.07 Å².